The number of anilines is 2. The predicted molar refractivity (Wildman–Crippen MR) is 93.5 cm³/mol. The molecule has 4 aliphatic rings. The number of imide groups is 1. The van der Waals surface area contributed by atoms with Crippen LogP contribution in [-0.4, -0.2) is 29.9 Å². The molecule has 1 saturated heterocycles. The van der Waals surface area contributed by atoms with Crippen LogP contribution in [0.15, 0.2) is 12.1 Å². The number of hydrogen-bond donors (Lipinski definition) is 0. The third-order valence-electron chi connectivity index (χ3n) is 6.04. The molecule has 3 fully saturated rings. The van der Waals surface area contributed by atoms with Crippen LogP contribution in [0, 0.1) is 30.0 Å². The Morgan fingerprint density at radius 2 is 1.81 bits per heavy atom. The minimum absolute atomic E-state index is 0.00909. The van der Waals surface area contributed by atoms with Crippen LogP contribution in [0.4, 0.5) is 15.8 Å². The van der Waals surface area contributed by atoms with Gasteiger partial charge in [-0.2, -0.15) is 0 Å². The number of amides is 3. The number of carbonyl (C=O) groups is 3. The molecular formula is C20H17FN2O4. The van der Waals surface area contributed by atoms with Gasteiger partial charge in [-0.05, 0) is 18.9 Å². The zero-order chi connectivity index (χ0) is 18.9. The summed E-state index contributed by atoms with van der Waals surface area (Å²) in [5.41, 5.74) is -0.790. The topological polar surface area (TPSA) is 66.9 Å². The van der Waals surface area contributed by atoms with Crippen LogP contribution >= 0.6 is 0 Å². The van der Waals surface area contributed by atoms with E-state index in [0.717, 1.165) is 17.4 Å². The highest BCUT2D eigenvalue weighted by molar-refractivity contribution is 6.22. The van der Waals surface area contributed by atoms with Gasteiger partial charge in [-0.1, -0.05) is 12.3 Å². The van der Waals surface area contributed by atoms with Crippen LogP contribution < -0.4 is 14.5 Å². The molecule has 2 heterocycles. The number of carbonyl (C=O) groups excluding carboxylic acids is 3. The molecular weight excluding hydrogens is 351 g/mol. The van der Waals surface area contributed by atoms with E-state index in [-0.39, 0.29) is 47.5 Å². The predicted octanol–water partition coefficient (Wildman–Crippen LogP) is 2.01. The lowest BCUT2D eigenvalue weighted by Crippen LogP contribution is -2.48. The zero-order valence-corrected chi connectivity index (χ0v) is 14.5. The summed E-state index contributed by atoms with van der Waals surface area (Å²) in [5.74, 6) is 0.180. The van der Waals surface area contributed by atoms with Crippen molar-refractivity contribution < 1.29 is 23.5 Å². The number of ether oxygens (including phenoxy) is 1. The minimum atomic E-state index is -0.950. The molecule has 0 N–H and O–H groups in total. The maximum absolute atomic E-state index is 14.9. The average molecular weight is 368 g/mol. The van der Waals surface area contributed by atoms with Crippen LogP contribution in [-0.2, 0) is 14.4 Å². The Balaban J connectivity index is 1.60. The number of halogens is 1. The van der Waals surface area contributed by atoms with E-state index >= 15 is 0 Å². The molecule has 2 saturated carbocycles. The third-order valence-corrected chi connectivity index (χ3v) is 6.04. The van der Waals surface area contributed by atoms with E-state index in [9.17, 15) is 18.8 Å². The lowest BCUT2D eigenvalue weighted by Gasteiger charge is -2.34. The lowest BCUT2D eigenvalue weighted by molar-refractivity contribution is -0.128. The highest BCUT2D eigenvalue weighted by Gasteiger charge is 2.58. The monoisotopic (exact) mass is 368 g/mol. The molecule has 6 nitrogen and oxygen atoms in total. The van der Waals surface area contributed by atoms with Gasteiger partial charge in [-0.3, -0.25) is 19.3 Å². The molecule has 27 heavy (non-hydrogen) atoms. The highest BCUT2D eigenvalue weighted by atomic mass is 19.1. The third kappa shape index (κ3) is 2.10. The van der Waals surface area contributed by atoms with Gasteiger partial charge in [0.15, 0.2) is 11.4 Å². The highest BCUT2D eigenvalue weighted by Crippen LogP contribution is 2.51. The average Bonchev–Trinajstić information content (AvgIpc) is 3.15. The minimum Gasteiger partial charge on any atom is -0.475 e. The summed E-state index contributed by atoms with van der Waals surface area (Å²) in [5, 5.41) is 0. The second-order valence-corrected chi connectivity index (χ2v) is 7.62. The van der Waals surface area contributed by atoms with E-state index in [2.05, 4.69) is 5.92 Å². The smallest absolute Gasteiger partial charge is 0.272 e. The molecule has 2 unspecified atom stereocenters. The molecule has 2 aliphatic carbocycles. The molecule has 1 aromatic carbocycles. The van der Waals surface area contributed by atoms with Crippen LogP contribution in [0.25, 0.3) is 0 Å². The van der Waals surface area contributed by atoms with Gasteiger partial charge in [0.2, 0.25) is 11.8 Å². The Morgan fingerprint density at radius 3 is 2.41 bits per heavy atom. The van der Waals surface area contributed by atoms with Gasteiger partial charge in [0.25, 0.3) is 5.91 Å². The molecule has 2 atom stereocenters. The molecule has 1 spiro atoms. The van der Waals surface area contributed by atoms with E-state index in [1.54, 1.807) is 0 Å². The van der Waals surface area contributed by atoms with E-state index in [4.69, 9.17) is 11.2 Å². The van der Waals surface area contributed by atoms with Gasteiger partial charge >= 0.3 is 0 Å². The van der Waals surface area contributed by atoms with Gasteiger partial charge in [0, 0.05) is 18.9 Å². The largest absolute Gasteiger partial charge is 0.475 e. The number of fused-ring (bicyclic) bond motifs is 2. The van der Waals surface area contributed by atoms with Crippen LogP contribution in [0.2, 0.25) is 0 Å². The van der Waals surface area contributed by atoms with Crippen molar-refractivity contribution in [1.82, 2.24) is 0 Å². The molecule has 0 radical (unpaired) electrons. The Labute approximate surface area is 155 Å². The lowest BCUT2D eigenvalue weighted by atomic mass is 10.00. The summed E-state index contributed by atoms with van der Waals surface area (Å²) in [6.45, 7) is 0.00909. The fraction of sp³-hybridized carbons (Fsp3) is 0.450. The number of benzene rings is 1. The van der Waals surface area contributed by atoms with Gasteiger partial charge in [-0.25, -0.2) is 9.29 Å². The van der Waals surface area contributed by atoms with E-state index in [0.29, 0.717) is 31.4 Å². The standard InChI is InChI=1S/C20H17FN2O4/c1-2-8-22-15-10-14(23-17(24)11-4-3-5-12(11)18(23)25)13(21)9-16(15)27-20(6-7-20)19(22)26/h1,9-12H,3-8H2. The van der Waals surface area contributed by atoms with Crippen molar-refractivity contribution in [3.05, 3.63) is 17.9 Å². The fourth-order valence-electron chi connectivity index (χ4n) is 4.51. The van der Waals surface area contributed by atoms with Crippen molar-refractivity contribution in [2.45, 2.75) is 37.7 Å². The number of hydrogen-bond acceptors (Lipinski definition) is 4. The zero-order valence-electron chi connectivity index (χ0n) is 14.5. The molecule has 2 aliphatic heterocycles. The normalized spacial score (nSPS) is 27.5. The van der Waals surface area contributed by atoms with Crippen LogP contribution in [0.3, 0.4) is 0 Å². The van der Waals surface area contributed by atoms with Crippen LogP contribution in [0.1, 0.15) is 32.1 Å². The van der Waals surface area contributed by atoms with Gasteiger partial charge in [0.05, 0.1) is 29.8 Å². The summed E-state index contributed by atoms with van der Waals surface area (Å²) in [6.07, 6.45) is 8.64. The first-order valence-corrected chi connectivity index (χ1v) is 9.13. The number of nitrogens with zero attached hydrogens (tertiary/aromatic N) is 2. The molecule has 3 amide bonds. The van der Waals surface area contributed by atoms with Crippen molar-refractivity contribution in [1.29, 1.82) is 0 Å². The first-order chi connectivity index (χ1) is 13.0. The van der Waals surface area contributed by atoms with Crippen molar-refractivity contribution in [3.63, 3.8) is 0 Å². The molecule has 0 bridgehead atoms. The van der Waals surface area contributed by atoms with Crippen molar-refractivity contribution in [2.24, 2.45) is 11.8 Å². The molecule has 7 heteroatoms. The second kappa shape index (κ2) is 5.32. The van der Waals surface area contributed by atoms with Gasteiger partial charge in [-0.15, -0.1) is 6.42 Å². The fourth-order valence-corrected chi connectivity index (χ4v) is 4.51. The summed E-state index contributed by atoms with van der Waals surface area (Å²) in [7, 11) is 0. The Kier molecular flexibility index (Phi) is 3.21. The summed E-state index contributed by atoms with van der Waals surface area (Å²) >= 11 is 0. The van der Waals surface area contributed by atoms with E-state index in [1.165, 1.54) is 11.0 Å². The Morgan fingerprint density at radius 1 is 1.15 bits per heavy atom. The van der Waals surface area contributed by atoms with Crippen molar-refractivity contribution in [3.8, 4) is 18.1 Å². The quantitative estimate of drug-likeness (QED) is 0.592. The summed E-state index contributed by atoms with van der Waals surface area (Å²) < 4.78 is 20.6. The Hall–Kier alpha value is -2.88. The van der Waals surface area contributed by atoms with Crippen LogP contribution in [0.5, 0.6) is 5.75 Å². The molecule has 5 rings (SSSR count). The first kappa shape index (κ1) is 16.3. The van der Waals surface area contributed by atoms with E-state index < -0.39 is 11.4 Å². The van der Waals surface area contributed by atoms with Gasteiger partial charge < -0.3 is 4.74 Å². The van der Waals surface area contributed by atoms with Crippen molar-refractivity contribution in [2.75, 3.05) is 16.3 Å². The maximum Gasteiger partial charge on any atom is 0.272 e. The summed E-state index contributed by atoms with van der Waals surface area (Å²) in [6, 6.07) is 2.49. The Bertz CT molecular complexity index is 924. The number of rotatable bonds is 2. The molecule has 138 valence electrons. The molecule has 1 aromatic rings. The number of terminal acetylenes is 1. The SMILES string of the molecule is C#CCN1C(=O)C2(CC2)Oc2cc(F)c(N3C(=O)C4CCCC4C3=O)cc21. The van der Waals surface area contributed by atoms with E-state index in [1.807, 2.05) is 0 Å². The summed E-state index contributed by atoms with van der Waals surface area (Å²) in [4.78, 5) is 40.4. The maximum atomic E-state index is 14.9. The van der Waals surface area contributed by atoms with Gasteiger partial charge in [0.1, 0.15) is 5.75 Å². The first-order valence-electron chi connectivity index (χ1n) is 9.13. The van der Waals surface area contributed by atoms with Crippen molar-refractivity contribution >= 4 is 29.1 Å². The second-order valence-electron chi connectivity index (χ2n) is 7.62. The molecule has 0 aromatic heterocycles.